The van der Waals surface area contributed by atoms with Crippen LogP contribution in [0.5, 0.6) is 0 Å². The number of hydrogen-bond donors (Lipinski definition) is 1. The molecule has 86 valence electrons. The molecule has 0 radical (unpaired) electrons. The second kappa shape index (κ2) is 6.73. The van der Waals surface area contributed by atoms with Crippen molar-refractivity contribution in [2.24, 2.45) is 0 Å². The normalized spacial score (nSPS) is 12.1. The van der Waals surface area contributed by atoms with Crippen molar-refractivity contribution in [3.63, 3.8) is 0 Å². The second-order valence-corrected chi connectivity index (χ2v) is 4.73. The van der Waals surface area contributed by atoms with Crippen LogP contribution in [0.2, 0.25) is 0 Å². The molecule has 0 aliphatic heterocycles. The van der Waals surface area contributed by atoms with Gasteiger partial charge in [-0.3, -0.25) is 0 Å². The molecular weight excluding hydrogens is 262 g/mol. The summed E-state index contributed by atoms with van der Waals surface area (Å²) in [4.78, 5) is 0. The predicted octanol–water partition coefficient (Wildman–Crippen LogP) is 3.82. The molecule has 16 heavy (non-hydrogen) atoms. The summed E-state index contributed by atoms with van der Waals surface area (Å²) in [6, 6.07) is 6.77. The highest BCUT2D eigenvalue weighted by atomic mass is 79.9. The maximum Gasteiger partial charge on any atom is 0.0340 e. The molecule has 1 aromatic rings. The van der Waals surface area contributed by atoms with Crippen LogP contribution in [0.3, 0.4) is 0 Å². The Kier molecular flexibility index (Phi) is 5.59. The lowest BCUT2D eigenvalue weighted by atomic mass is 10.0. The minimum atomic E-state index is 0.343. The van der Waals surface area contributed by atoms with Crippen molar-refractivity contribution >= 4 is 15.9 Å². The largest absolute Gasteiger partial charge is 0.310 e. The molecule has 0 saturated heterocycles. The van der Waals surface area contributed by atoms with Gasteiger partial charge in [-0.15, -0.1) is 12.3 Å². The maximum absolute atomic E-state index is 5.33. The van der Waals surface area contributed by atoms with E-state index in [2.05, 4.69) is 59.2 Å². The van der Waals surface area contributed by atoms with E-state index < -0.39 is 0 Å². The van der Waals surface area contributed by atoms with Crippen molar-refractivity contribution in [3.8, 4) is 12.3 Å². The fourth-order valence-electron chi connectivity index (χ4n) is 1.77. The molecular formula is C14H18BrN. The van der Waals surface area contributed by atoms with Crippen LogP contribution in [-0.4, -0.2) is 6.54 Å². The first-order chi connectivity index (χ1) is 7.69. The number of aryl methyl sites for hydroxylation is 1. The molecule has 0 bridgehead atoms. The van der Waals surface area contributed by atoms with Crippen molar-refractivity contribution in [1.29, 1.82) is 0 Å². The Bertz CT molecular complexity index is 379. The quantitative estimate of drug-likeness (QED) is 0.808. The van der Waals surface area contributed by atoms with Gasteiger partial charge in [-0.05, 0) is 31.5 Å². The molecule has 0 heterocycles. The fourth-order valence-corrected chi connectivity index (χ4v) is 2.29. The zero-order valence-electron chi connectivity index (χ0n) is 9.89. The SMILES string of the molecule is C#CCCC(NCC)c1cc(C)ccc1Br. The van der Waals surface area contributed by atoms with Gasteiger partial charge in [-0.2, -0.15) is 0 Å². The van der Waals surface area contributed by atoms with Gasteiger partial charge in [0.05, 0.1) is 0 Å². The van der Waals surface area contributed by atoms with Crippen LogP contribution in [0.25, 0.3) is 0 Å². The van der Waals surface area contributed by atoms with E-state index in [-0.39, 0.29) is 0 Å². The lowest BCUT2D eigenvalue weighted by molar-refractivity contribution is 0.520. The summed E-state index contributed by atoms with van der Waals surface area (Å²) in [5.74, 6) is 2.71. The van der Waals surface area contributed by atoms with E-state index in [0.29, 0.717) is 6.04 Å². The first-order valence-corrected chi connectivity index (χ1v) is 6.41. The molecule has 1 unspecified atom stereocenters. The van der Waals surface area contributed by atoms with Gasteiger partial charge in [0.15, 0.2) is 0 Å². The average molecular weight is 280 g/mol. The Hall–Kier alpha value is -0.780. The Morgan fingerprint density at radius 2 is 2.25 bits per heavy atom. The van der Waals surface area contributed by atoms with Gasteiger partial charge in [0, 0.05) is 16.9 Å². The van der Waals surface area contributed by atoms with E-state index in [4.69, 9.17) is 6.42 Å². The van der Waals surface area contributed by atoms with Gasteiger partial charge in [-0.1, -0.05) is 40.5 Å². The zero-order valence-corrected chi connectivity index (χ0v) is 11.5. The molecule has 0 amide bonds. The molecule has 0 fully saturated rings. The summed E-state index contributed by atoms with van der Waals surface area (Å²) < 4.78 is 1.15. The third kappa shape index (κ3) is 3.66. The smallest absolute Gasteiger partial charge is 0.0340 e. The van der Waals surface area contributed by atoms with Gasteiger partial charge in [0.2, 0.25) is 0 Å². The first kappa shape index (κ1) is 13.3. The van der Waals surface area contributed by atoms with E-state index in [1.807, 2.05) is 0 Å². The van der Waals surface area contributed by atoms with Crippen LogP contribution in [-0.2, 0) is 0 Å². The van der Waals surface area contributed by atoms with Crippen molar-refractivity contribution in [1.82, 2.24) is 5.32 Å². The second-order valence-electron chi connectivity index (χ2n) is 3.88. The molecule has 0 aromatic heterocycles. The number of benzene rings is 1. The van der Waals surface area contributed by atoms with Crippen LogP contribution in [0.15, 0.2) is 22.7 Å². The third-order valence-electron chi connectivity index (χ3n) is 2.55. The maximum atomic E-state index is 5.33. The molecule has 1 N–H and O–H groups in total. The summed E-state index contributed by atoms with van der Waals surface area (Å²) in [5, 5.41) is 3.48. The summed E-state index contributed by atoms with van der Waals surface area (Å²) in [6.45, 7) is 5.18. The Labute approximate surface area is 107 Å². The summed E-state index contributed by atoms with van der Waals surface area (Å²) >= 11 is 3.60. The third-order valence-corrected chi connectivity index (χ3v) is 3.28. The van der Waals surface area contributed by atoms with Crippen LogP contribution >= 0.6 is 15.9 Å². The van der Waals surface area contributed by atoms with Gasteiger partial charge in [0.1, 0.15) is 0 Å². The van der Waals surface area contributed by atoms with E-state index in [1.54, 1.807) is 0 Å². The molecule has 0 aliphatic carbocycles. The van der Waals surface area contributed by atoms with Crippen LogP contribution in [0.1, 0.15) is 36.9 Å². The summed E-state index contributed by atoms with van der Waals surface area (Å²) in [7, 11) is 0. The molecule has 0 saturated carbocycles. The standard InChI is InChI=1S/C14H18BrN/c1-4-6-7-14(16-5-2)12-10-11(3)8-9-13(12)15/h1,8-10,14,16H,5-7H2,2-3H3. The first-order valence-electron chi connectivity index (χ1n) is 5.62. The molecule has 0 aliphatic rings. The van der Waals surface area contributed by atoms with Crippen molar-refractivity contribution < 1.29 is 0 Å². The molecule has 1 nitrogen and oxygen atoms in total. The van der Waals surface area contributed by atoms with E-state index in [0.717, 1.165) is 23.9 Å². The number of halogens is 1. The number of nitrogens with one attached hydrogen (secondary N) is 1. The summed E-state index contributed by atoms with van der Waals surface area (Å²) in [6.07, 6.45) is 7.11. The highest BCUT2D eigenvalue weighted by Crippen LogP contribution is 2.27. The zero-order chi connectivity index (χ0) is 12.0. The summed E-state index contributed by atoms with van der Waals surface area (Å²) in [5.41, 5.74) is 2.58. The Morgan fingerprint density at radius 1 is 1.50 bits per heavy atom. The van der Waals surface area contributed by atoms with Gasteiger partial charge in [0.25, 0.3) is 0 Å². The molecule has 1 aromatic carbocycles. The number of rotatable bonds is 5. The lowest BCUT2D eigenvalue weighted by Crippen LogP contribution is -2.21. The van der Waals surface area contributed by atoms with E-state index in [1.165, 1.54) is 11.1 Å². The Balaban J connectivity index is 2.91. The topological polar surface area (TPSA) is 12.0 Å². The van der Waals surface area contributed by atoms with E-state index >= 15 is 0 Å². The molecule has 0 spiro atoms. The minimum absolute atomic E-state index is 0.343. The van der Waals surface area contributed by atoms with Gasteiger partial charge < -0.3 is 5.32 Å². The average Bonchev–Trinajstić information content (AvgIpc) is 2.28. The minimum Gasteiger partial charge on any atom is -0.310 e. The van der Waals surface area contributed by atoms with Crippen molar-refractivity contribution in [2.75, 3.05) is 6.54 Å². The van der Waals surface area contributed by atoms with Gasteiger partial charge in [-0.25, -0.2) is 0 Å². The van der Waals surface area contributed by atoms with Crippen LogP contribution in [0.4, 0.5) is 0 Å². The van der Waals surface area contributed by atoms with Gasteiger partial charge >= 0.3 is 0 Å². The lowest BCUT2D eigenvalue weighted by Gasteiger charge is -2.19. The highest BCUT2D eigenvalue weighted by Gasteiger charge is 2.12. The molecule has 2 heteroatoms. The van der Waals surface area contributed by atoms with Crippen LogP contribution < -0.4 is 5.32 Å². The van der Waals surface area contributed by atoms with E-state index in [9.17, 15) is 0 Å². The fraction of sp³-hybridized carbons (Fsp3) is 0.429. The van der Waals surface area contributed by atoms with Crippen molar-refractivity contribution in [3.05, 3.63) is 33.8 Å². The van der Waals surface area contributed by atoms with Crippen molar-refractivity contribution in [2.45, 2.75) is 32.7 Å². The predicted molar refractivity (Wildman–Crippen MR) is 73.4 cm³/mol. The number of hydrogen-bond acceptors (Lipinski definition) is 1. The molecule has 1 rings (SSSR count). The highest BCUT2D eigenvalue weighted by molar-refractivity contribution is 9.10. The monoisotopic (exact) mass is 279 g/mol. The number of terminal acetylenes is 1. The molecule has 1 atom stereocenters. The van der Waals surface area contributed by atoms with Crippen LogP contribution in [0, 0.1) is 19.3 Å². The Morgan fingerprint density at radius 3 is 2.88 bits per heavy atom.